The van der Waals surface area contributed by atoms with Gasteiger partial charge in [0.15, 0.2) is 0 Å². The number of hydrogen-bond donors (Lipinski definition) is 0. The van der Waals surface area contributed by atoms with E-state index in [1.165, 1.54) is 0 Å². The van der Waals surface area contributed by atoms with Gasteiger partial charge < -0.3 is 19.6 Å². The lowest BCUT2D eigenvalue weighted by atomic mass is 9.80. The summed E-state index contributed by atoms with van der Waals surface area (Å²) < 4.78 is 1.01. The number of amides is 4. The largest absolute Gasteiger partial charge is 0.324 e. The van der Waals surface area contributed by atoms with Crippen molar-refractivity contribution >= 4 is 28.0 Å². The van der Waals surface area contributed by atoms with Gasteiger partial charge >= 0.3 is 12.1 Å². The van der Waals surface area contributed by atoms with E-state index in [0.29, 0.717) is 0 Å². The van der Waals surface area contributed by atoms with Gasteiger partial charge in [0.2, 0.25) is 0 Å². The lowest BCUT2D eigenvalue weighted by Crippen LogP contribution is -2.71. The SMILES string of the molecule is C[C@@H]1[C@H]2[C@H](N(C)C(=O)N1C)N(C)C(=O)N(C)[C@@H]2c1ccc(Br)cc1. The fraction of sp³-hybridized carbons (Fsp3) is 0.529. The summed E-state index contributed by atoms with van der Waals surface area (Å²) in [6.45, 7) is 2.06. The molecule has 2 aliphatic heterocycles. The van der Waals surface area contributed by atoms with E-state index in [4.69, 9.17) is 0 Å². The number of fused-ring (bicyclic) bond motifs is 1. The first-order valence-corrected chi connectivity index (χ1v) is 8.79. The average molecular weight is 395 g/mol. The number of hydrogen-bond acceptors (Lipinski definition) is 2. The molecular formula is C17H23BrN4O2. The Hall–Kier alpha value is -1.76. The zero-order chi connectivity index (χ0) is 17.8. The summed E-state index contributed by atoms with van der Waals surface area (Å²) in [6, 6.07) is 7.89. The second-order valence-corrected chi connectivity index (χ2v) is 7.65. The molecular weight excluding hydrogens is 372 g/mol. The fourth-order valence-corrected chi connectivity index (χ4v) is 4.36. The van der Waals surface area contributed by atoms with Crippen LogP contribution >= 0.6 is 15.9 Å². The number of benzene rings is 1. The second-order valence-electron chi connectivity index (χ2n) is 6.74. The molecule has 2 fully saturated rings. The maximum Gasteiger partial charge on any atom is 0.321 e. The number of carbonyl (C=O) groups excluding carboxylic acids is 2. The van der Waals surface area contributed by atoms with Crippen LogP contribution in [0.25, 0.3) is 0 Å². The topological polar surface area (TPSA) is 47.1 Å². The van der Waals surface area contributed by atoms with Crippen molar-refractivity contribution in [2.45, 2.75) is 25.2 Å². The number of rotatable bonds is 1. The van der Waals surface area contributed by atoms with Gasteiger partial charge in [0.25, 0.3) is 0 Å². The van der Waals surface area contributed by atoms with Gasteiger partial charge in [-0.2, -0.15) is 0 Å². The molecule has 0 unspecified atom stereocenters. The Morgan fingerprint density at radius 1 is 0.833 bits per heavy atom. The molecule has 0 saturated carbocycles. The standard InChI is InChI=1S/C17H23BrN4O2/c1-10-13-14(11-6-8-12(18)9-7-11)20(3)17(24)22(5)15(13)21(4)16(23)19(10)2/h6-10,13-15H,1-5H3/t10-,13-,14-,15-/m1/s1. The van der Waals surface area contributed by atoms with Gasteiger partial charge in [0.1, 0.15) is 6.17 Å². The molecule has 3 rings (SSSR count). The van der Waals surface area contributed by atoms with Crippen LogP contribution in [0.4, 0.5) is 9.59 Å². The predicted molar refractivity (Wildman–Crippen MR) is 95.5 cm³/mol. The van der Waals surface area contributed by atoms with Gasteiger partial charge in [-0.15, -0.1) is 0 Å². The lowest BCUT2D eigenvalue weighted by Gasteiger charge is -2.57. The summed E-state index contributed by atoms with van der Waals surface area (Å²) in [5.41, 5.74) is 1.08. The van der Waals surface area contributed by atoms with Crippen molar-refractivity contribution in [3.05, 3.63) is 34.3 Å². The van der Waals surface area contributed by atoms with Crippen LogP contribution in [0.5, 0.6) is 0 Å². The Balaban J connectivity index is 2.11. The molecule has 2 saturated heterocycles. The smallest absolute Gasteiger partial charge is 0.321 e. The lowest BCUT2D eigenvalue weighted by molar-refractivity contribution is -0.0652. The van der Waals surface area contributed by atoms with Crippen molar-refractivity contribution in [2.75, 3.05) is 28.2 Å². The molecule has 0 N–H and O–H groups in total. The van der Waals surface area contributed by atoms with Gasteiger partial charge in [-0.25, -0.2) is 9.59 Å². The van der Waals surface area contributed by atoms with E-state index in [1.807, 2.05) is 38.4 Å². The first-order chi connectivity index (χ1) is 11.3. The minimum absolute atomic E-state index is 0.0188. The third-order valence-corrected chi connectivity index (χ3v) is 6.03. The Morgan fingerprint density at radius 3 is 1.88 bits per heavy atom. The highest BCUT2D eigenvalue weighted by atomic mass is 79.9. The Labute approximate surface area is 151 Å². The highest BCUT2D eigenvalue weighted by Crippen LogP contribution is 2.43. The minimum atomic E-state index is -0.249. The molecule has 2 heterocycles. The molecule has 0 radical (unpaired) electrons. The summed E-state index contributed by atoms with van der Waals surface area (Å²) in [6.07, 6.45) is -0.249. The highest BCUT2D eigenvalue weighted by Gasteiger charge is 2.53. The van der Waals surface area contributed by atoms with Crippen LogP contribution in [0.1, 0.15) is 18.5 Å². The van der Waals surface area contributed by atoms with Crippen molar-refractivity contribution in [2.24, 2.45) is 5.92 Å². The maximum absolute atomic E-state index is 12.8. The first kappa shape index (κ1) is 17.1. The minimum Gasteiger partial charge on any atom is -0.324 e. The van der Waals surface area contributed by atoms with E-state index >= 15 is 0 Å². The van der Waals surface area contributed by atoms with Crippen molar-refractivity contribution in [1.82, 2.24) is 19.6 Å². The molecule has 24 heavy (non-hydrogen) atoms. The zero-order valence-corrected chi connectivity index (χ0v) is 16.2. The number of carbonyl (C=O) groups is 2. The molecule has 2 aliphatic rings. The summed E-state index contributed by atoms with van der Waals surface area (Å²) in [5, 5.41) is 0. The molecule has 0 spiro atoms. The molecule has 4 atom stereocenters. The van der Waals surface area contributed by atoms with E-state index in [9.17, 15) is 9.59 Å². The van der Waals surface area contributed by atoms with Crippen LogP contribution in [0.15, 0.2) is 28.7 Å². The monoisotopic (exact) mass is 394 g/mol. The summed E-state index contributed by atoms with van der Waals surface area (Å²) in [7, 11) is 7.21. The predicted octanol–water partition coefficient (Wildman–Crippen LogP) is 2.82. The van der Waals surface area contributed by atoms with Crippen LogP contribution < -0.4 is 0 Å². The van der Waals surface area contributed by atoms with Crippen LogP contribution in [-0.2, 0) is 0 Å². The fourth-order valence-electron chi connectivity index (χ4n) is 4.09. The molecule has 4 amide bonds. The molecule has 130 valence electrons. The van der Waals surface area contributed by atoms with Crippen LogP contribution in [0.2, 0.25) is 0 Å². The average Bonchev–Trinajstić information content (AvgIpc) is 2.57. The number of halogens is 1. The van der Waals surface area contributed by atoms with Crippen molar-refractivity contribution < 1.29 is 9.59 Å². The van der Waals surface area contributed by atoms with E-state index in [1.54, 1.807) is 33.7 Å². The number of nitrogens with zero attached hydrogens (tertiary/aromatic N) is 4. The molecule has 6 nitrogen and oxygen atoms in total. The highest BCUT2D eigenvalue weighted by molar-refractivity contribution is 9.10. The Kier molecular flexibility index (Phi) is 4.23. The van der Waals surface area contributed by atoms with E-state index in [2.05, 4.69) is 22.9 Å². The maximum atomic E-state index is 12.8. The second kappa shape index (κ2) is 5.95. The van der Waals surface area contributed by atoms with Gasteiger partial charge in [0.05, 0.1) is 6.04 Å². The van der Waals surface area contributed by atoms with E-state index in [-0.39, 0.29) is 36.2 Å². The van der Waals surface area contributed by atoms with E-state index < -0.39 is 0 Å². The van der Waals surface area contributed by atoms with Crippen LogP contribution in [0, 0.1) is 5.92 Å². The third-order valence-electron chi connectivity index (χ3n) is 5.51. The molecule has 1 aromatic rings. The number of urea groups is 2. The van der Waals surface area contributed by atoms with Gasteiger partial charge in [-0.05, 0) is 24.6 Å². The third kappa shape index (κ3) is 2.37. The van der Waals surface area contributed by atoms with Crippen LogP contribution in [-0.4, -0.2) is 72.1 Å². The Bertz CT molecular complexity index is 661. The van der Waals surface area contributed by atoms with E-state index in [0.717, 1.165) is 10.0 Å². The quantitative estimate of drug-likeness (QED) is 0.734. The normalized spacial score (nSPS) is 30.8. The van der Waals surface area contributed by atoms with Crippen molar-refractivity contribution in [3.63, 3.8) is 0 Å². The molecule has 7 heteroatoms. The van der Waals surface area contributed by atoms with Gasteiger partial charge in [0, 0.05) is 44.6 Å². The molecule has 1 aromatic carbocycles. The summed E-state index contributed by atoms with van der Waals surface area (Å²) in [5.74, 6) is 0.0894. The molecule has 0 aromatic heterocycles. The summed E-state index contributed by atoms with van der Waals surface area (Å²) in [4.78, 5) is 32.2. The van der Waals surface area contributed by atoms with Crippen molar-refractivity contribution in [1.29, 1.82) is 0 Å². The zero-order valence-electron chi connectivity index (χ0n) is 14.6. The Morgan fingerprint density at radius 2 is 1.33 bits per heavy atom. The van der Waals surface area contributed by atoms with Gasteiger partial charge in [-0.1, -0.05) is 28.1 Å². The van der Waals surface area contributed by atoms with Gasteiger partial charge in [-0.3, -0.25) is 0 Å². The first-order valence-electron chi connectivity index (χ1n) is 8.00. The molecule has 0 aliphatic carbocycles. The van der Waals surface area contributed by atoms with Crippen LogP contribution in [0.3, 0.4) is 0 Å². The van der Waals surface area contributed by atoms with Crippen molar-refractivity contribution in [3.8, 4) is 0 Å². The molecule has 0 bridgehead atoms. The summed E-state index contributed by atoms with van der Waals surface area (Å²) >= 11 is 3.46.